The highest BCUT2D eigenvalue weighted by molar-refractivity contribution is 7.18. The Morgan fingerprint density at radius 1 is 1.11 bits per heavy atom. The van der Waals surface area contributed by atoms with Gasteiger partial charge in [-0.2, -0.15) is 18.4 Å². The van der Waals surface area contributed by atoms with Crippen molar-refractivity contribution >= 4 is 33.2 Å². The van der Waals surface area contributed by atoms with E-state index in [9.17, 15) is 28.0 Å². The van der Waals surface area contributed by atoms with Gasteiger partial charge in [-0.1, -0.05) is 12.1 Å². The third-order valence-electron chi connectivity index (χ3n) is 3.82. The number of nitriles is 1. The van der Waals surface area contributed by atoms with Crippen LogP contribution in [-0.4, -0.2) is 16.7 Å². The van der Waals surface area contributed by atoms with Crippen LogP contribution in [0.4, 0.5) is 13.2 Å². The van der Waals surface area contributed by atoms with E-state index < -0.39 is 29.3 Å². The van der Waals surface area contributed by atoms with Gasteiger partial charge < -0.3 is 5.73 Å². The predicted octanol–water partition coefficient (Wildman–Crippen LogP) is 3.90. The maximum Gasteiger partial charge on any atom is 0.416 e. The average molecular weight is 389 g/mol. The molecule has 136 valence electrons. The first kappa shape index (κ1) is 18.5. The Morgan fingerprint density at radius 2 is 1.74 bits per heavy atom. The third kappa shape index (κ3) is 3.66. The van der Waals surface area contributed by atoms with Crippen LogP contribution in [-0.2, 0) is 6.18 Å². The molecule has 9 heteroatoms. The van der Waals surface area contributed by atoms with Gasteiger partial charge in [0.1, 0.15) is 5.01 Å². The number of alkyl halides is 3. The second-order valence-electron chi connectivity index (χ2n) is 5.60. The van der Waals surface area contributed by atoms with E-state index in [4.69, 9.17) is 5.73 Å². The zero-order chi connectivity index (χ0) is 19.8. The van der Waals surface area contributed by atoms with Gasteiger partial charge in [0.25, 0.3) is 0 Å². The summed E-state index contributed by atoms with van der Waals surface area (Å²) in [7, 11) is 0. The molecule has 0 saturated heterocycles. The molecular weight excluding hydrogens is 379 g/mol. The number of thiazole rings is 1. The maximum absolute atomic E-state index is 12.8. The monoisotopic (exact) mass is 389 g/mol. The fourth-order valence-corrected chi connectivity index (χ4v) is 3.43. The minimum absolute atomic E-state index is 0.0713. The number of hydrogen-bond donors (Lipinski definition) is 1. The van der Waals surface area contributed by atoms with Gasteiger partial charge in [-0.05, 0) is 30.3 Å². The number of fused-ring (bicyclic) bond motifs is 1. The van der Waals surface area contributed by atoms with Gasteiger partial charge in [0, 0.05) is 11.1 Å². The second-order valence-corrected chi connectivity index (χ2v) is 6.66. The average Bonchev–Trinajstić information content (AvgIpc) is 3.04. The molecule has 5 nitrogen and oxygen atoms in total. The summed E-state index contributed by atoms with van der Waals surface area (Å²) in [5.41, 5.74) is 4.73. The van der Waals surface area contributed by atoms with Crippen molar-refractivity contribution in [2.45, 2.75) is 12.1 Å². The molecule has 0 aliphatic carbocycles. The van der Waals surface area contributed by atoms with E-state index in [0.717, 1.165) is 23.5 Å². The fourth-order valence-electron chi connectivity index (χ4n) is 2.44. The number of nitrogens with two attached hydrogens (primary N) is 1. The summed E-state index contributed by atoms with van der Waals surface area (Å²) in [6, 6.07) is 10.4. The van der Waals surface area contributed by atoms with Gasteiger partial charge in [0.05, 0.1) is 21.8 Å². The number of nitrogens with zero attached hydrogens (tertiary/aromatic N) is 2. The van der Waals surface area contributed by atoms with E-state index in [-0.39, 0.29) is 21.7 Å². The Labute approximate surface area is 154 Å². The van der Waals surface area contributed by atoms with E-state index in [2.05, 4.69) is 4.98 Å². The van der Waals surface area contributed by atoms with Crippen LogP contribution in [0.1, 0.15) is 37.2 Å². The minimum atomic E-state index is -4.51. The molecule has 1 heterocycles. The number of rotatable bonds is 4. The number of amides is 1. The lowest BCUT2D eigenvalue weighted by Crippen LogP contribution is -2.13. The highest BCUT2D eigenvalue weighted by Crippen LogP contribution is 2.35. The lowest BCUT2D eigenvalue weighted by atomic mass is 9.98. The van der Waals surface area contributed by atoms with Crippen LogP contribution < -0.4 is 5.73 Å². The van der Waals surface area contributed by atoms with Crippen LogP contribution in [0.2, 0.25) is 0 Å². The number of hydrogen-bond acceptors (Lipinski definition) is 5. The standard InChI is InChI=1S/C18H10F3N3O2S/c19-18(20,21)11-5-6-14-13(7-11)24-17(27-14)12(8-22)15(25)9-1-3-10(4-2-9)16(23)26/h1-7,12H,(H2,23,26)/t12-/m1/s1. The zero-order valence-electron chi connectivity index (χ0n) is 13.4. The number of primary amides is 1. The van der Waals surface area contributed by atoms with E-state index in [1.165, 1.54) is 30.3 Å². The van der Waals surface area contributed by atoms with Crippen LogP contribution >= 0.6 is 11.3 Å². The summed E-state index contributed by atoms with van der Waals surface area (Å²) in [5, 5.41) is 9.51. The summed E-state index contributed by atoms with van der Waals surface area (Å²) in [6.07, 6.45) is -4.51. The molecule has 3 rings (SSSR count). The van der Waals surface area contributed by atoms with Gasteiger partial charge >= 0.3 is 6.18 Å². The van der Waals surface area contributed by atoms with E-state index in [1.54, 1.807) is 0 Å². The molecule has 1 amide bonds. The molecule has 0 aliphatic rings. The van der Waals surface area contributed by atoms with Crippen LogP contribution in [0.5, 0.6) is 0 Å². The Balaban J connectivity index is 1.96. The molecular formula is C18H10F3N3O2S. The molecule has 2 N–H and O–H groups in total. The molecule has 2 aromatic carbocycles. The minimum Gasteiger partial charge on any atom is -0.366 e. The normalized spacial score (nSPS) is 12.5. The molecule has 3 aromatic rings. The van der Waals surface area contributed by atoms with Crippen LogP contribution in [0, 0.1) is 11.3 Å². The van der Waals surface area contributed by atoms with Crippen molar-refractivity contribution in [3.63, 3.8) is 0 Å². The second kappa shape index (κ2) is 6.81. The van der Waals surface area contributed by atoms with Gasteiger partial charge in [-0.25, -0.2) is 4.98 Å². The first-order valence-electron chi connectivity index (χ1n) is 7.52. The van der Waals surface area contributed by atoms with Crippen molar-refractivity contribution in [3.05, 3.63) is 64.2 Å². The number of aromatic nitrogens is 1. The van der Waals surface area contributed by atoms with Crippen molar-refractivity contribution in [1.29, 1.82) is 5.26 Å². The van der Waals surface area contributed by atoms with Crippen LogP contribution in [0.3, 0.4) is 0 Å². The van der Waals surface area contributed by atoms with E-state index >= 15 is 0 Å². The Bertz CT molecular complexity index is 1080. The predicted molar refractivity (Wildman–Crippen MR) is 92.3 cm³/mol. The van der Waals surface area contributed by atoms with Gasteiger partial charge in [0.2, 0.25) is 5.91 Å². The van der Waals surface area contributed by atoms with Gasteiger partial charge in [-0.15, -0.1) is 11.3 Å². The molecule has 0 unspecified atom stereocenters. The molecule has 0 spiro atoms. The maximum atomic E-state index is 12.8. The molecule has 0 radical (unpaired) electrons. The first-order valence-corrected chi connectivity index (χ1v) is 8.33. The van der Waals surface area contributed by atoms with E-state index in [1.807, 2.05) is 6.07 Å². The van der Waals surface area contributed by atoms with Crippen molar-refractivity contribution in [2.24, 2.45) is 5.73 Å². The summed E-state index contributed by atoms with van der Waals surface area (Å²) in [6.45, 7) is 0. The largest absolute Gasteiger partial charge is 0.416 e. The van der Waals surface area contributed by atoms with Crippen molar-refractivity contribution in [2.75, 3.05) is 0 Å². The summed E-state index contributed by atoms with van der Waals surface area (Å²) >= 11 is 0.984. The number of Topliss-reactive ketones (excluding diaryl/α,β-unsaturated/α-hetero) is 1. The summed E-state index contributed by atoms with van der Waals surface area (Å²) in [5.74, 6) is -2.49. The topological polar surface area (TPSA) is 96.8 Å². The van der Waals surface area contributed by atoms with Crippen molar-refractivity contribution in [1.82, 2.24) is 4.98 Å². The van der Waals surface area contributed by atoms with Crippen LogP contribution in [0.25, 0.3) is 10.2 Å². The molecule has 27 heavy (non-hydrogen) atoms. The molecule has 1 aromatic heterocycles. The van der Waals surface area contributed by atoms with Crippen LogP contribution in [0.15, 0.2) is 42.5 Å². The molecule has 0 saturated carbocycles. The number of halogens is 3. The Hall–Kier alpha value is -3.25. The number of benzene rings is 2. The smallest absolute Gasteiger partial charge is 0.366 e. The van der Waals surface area contributed by atoms with Crippen molar-refractivity contribution in [3.8, 4) is 6.07 Å². The molecule has 0 bridgehead atoms. The quantitative estimate of drug-likeness (QED) is 0.684. The Morgan fingerprint density at radius 3 is 2.30 bits per heavy atom. The zero-order valence-corrected chi connectivity index (χ0v) is 14.3. The first-order chi connectivity index (χ1) is 12.7. The number of ketones is 1. The fraction of sp³-hybridized carbons (Fsp3) is 0.111. The molecule has 0 fully saturated rings. The van der Waals surface area contributed by atoms with Gasteiger partial charge in [0.15, 0.2) is 11.7 Å². The molecule has 0 aliphatic heterocycles. The number of carbonyl (C=O) groups is 2. The summed E-state index contributed by atoms with van der Waals surface area (Å²) in [4.78, 5) is 27.7. The molecule has 1 atom stereocenters. The third-order valence-corrected chi connectivity index (χ3v) is 4.92. The lowest BCUT2D eigenvalue weighted by molar-refractivity contribution is -0.137. The van der Waals surface area contributed by atoms with Crippen molar-refractivity contribution < 1.29 is 22.8 Å². The number of carbonyl (C=O) groups excluding carboxylic acids is 2. The summed E-state index contributed by atoms with van der Waals surface area (Å²) < 4.78 is 38.9. The lowest BCUT2D eigenvalue weighted by Gasteiger charge is -2.05. The Kier molecular flexibility index (Phi) is 4.68. The SMILES string of the molecule is N#C[C@H](C(=O)c1ccc(C(N)=O)cc1)c1nc2cc(C(F)(F)F)ccc2s1. The van der Waals surface area contributed by atoms with E-state index in [0.29, 0.717) is 4.70 Å². The highest BCUT2D eigenvalue weighted by atomic mass is 32.1. The van der Waals surface area contributed by atoms with Gasteiger partial charge in [-0.3, -0.25) is 9.59 Å². The highest BCUT2D eigenvalue weighted by Gasteiger charge is 2.31.